The van der Waals surface area contributed by atoms with Crippen LogP contribution in [0.4, 0.5) is 8.78 Å². The molecule has 3 nitrogen and oxygen atoms in total. The third-order valence-electron chi connectivity index (χ3n) is 2.98. The number of hydrogen-bond acceptors (Lipinski definition) is 3. The first-order chi connectivity index (χ1) is 10.1. The van der Waals surface area contributed by atoms with E-state index in [0.29, 0.717) is 10.6 Å². The molecule has 0 aliphatic heterocycles. The molecule has 21 heavy (non-hydrogen) atoms. The maximum Gasteiger partial charge on any atom is 0.159 e. The van der Waals surface area contributed by atoms with Crippen LogP contribution in [-0.4, -0.2) is 16.8 Å². The fraction of sp³-hybridized carbons (Fsp3) is 0.133. The van der Waals surface area contributed by atoms with Crippen LogP contribution in [0.3, 0.4) is 0 Å². The Kier molecular flexibility index (Phi) is 5.16. The molecule has 3 N–H and O–H groups in total. The molecule has 2 aromatic carbocycles. The lowest BCUT2D eigenvalue weighted by Crippen LogP contribution is -2.23. The van der Waals surface area contributed by atoms with Crippen molar-refractivity contribution in [3.05, 3.63) is 65.7 Å². The zero-order chi connectivity index (χ0) is 15.2. The van der Waals surface area contributed by atoms with Crippen LogP contribution in [0.25, 0.3) is 0 Å². The number of amidine groups is 1. The Morgan fingerprint density at radius 3 is 2.48 bits per heavy atom. The van der Waals surface area contributed by atoms with Crippen LogP contribution in [0.5, 0.6) is 0 Å². The molecule has 1 atom stereocenters. The number of nitrogens with zero attached hydrogens (tertiary/aromatic N) is 1. The van der Waals surface area contributed by atoms with Crippen LogP contribution in [0.1, 0.15) is 11.5 Å². The van der Waals surface area contributed by atoms with Crippen molar-refractivity contribution in [3.63, 3.8) is 0 Å². The first-order valence-corrected chi connectivity index (χ1v) is 7.20. The molecule has 0 radical (unpaired) electrons. The lowest BCUT2D eigenvalue weighted by atomic mass is 10.0. The van der Waals surface area contributed by atoms with Gasteiger partial charge in [0.25, 0.3) is 0 Å². The third kappa shape index (κ3) is 3.95. The molecule has 0 aliphatic rings. The topological polar surface area (TPSA) is 58.6 Å². The summed E-state index contributed by atoms with van der Waals surface area (Å²) in [4.78, 5) is 0.584. The largest absolute Gasteiger partial charge is 0.409 e. The van der Waals surface area contributed by atoms with Crippen LogP contribution in [0.2, 0.25) is 0 Å². The standard InChI is InChI=1S/C15H14F2N2OS/c16-13-7-6-11(8-14(13)17)21-9-12(15(18)19-20)10-4-2-1-3-5-10/h1-8,12,20H,9H2,(H2,18,19). The Balaban J connectivity index is 2.15. The Morgan fingerprint density at radius 2 is 1.86 bits per heavy atom. The van der Waals surface area contributed by atoms with E-state index < -0.39 is 11.6 Å². The Bertz CT molecular complexity index is 635. The van der Waals surface area contributed by atoms with E-state index in [1.807, 2.05) is 30.3 Å². The van der Waals surface area contributed by atoms with E-state index in [9.17, 15) is 8.78 Å². The van der Waals surface area contributed by atoms with Crippen molar-refractivity contribution in [2.45, 2.75) is 10.8 Å². The summed E-state index contributed by atoms with van der Waals surface area (Å²) in [6.45, 7) is 0. The van der Waals surface area contributed by atoms with E-state index in [2.05, 4.69) is 5.16 Å². The van der Waals surface area contributed by atoms with Gasteiger partial charge in [0.1, 0.15) is 5.84 Å². The molecule has 0 saturated carbocycles. The first-order valence-electron chi connectivity index (χ1n) is 6.22. The van der Waals surface area contributed by atoms with Gasteiger partial charge in [-0.25, -0.2) is 8.78 Å². The smallest absolute Gasteiger partial charge is 0.159 e. The molecule has 0 fully saturated rings. The van der Waals surface area contributed by atoms with E-state index in [1.54, 1.807) is 0 Å². The number of benzene rings is 2. The lowest BCUT2D eigenvalue weighted by molar-refractivity contribution is 0.316. The maximum atomic E-state index is 13.2. The van der Waals surface area contributed by atoms with Gasteiger partial charge in [0.2, 0.25) is 0 Å². The van der Waals surface area contributed by atoms with Gasteiger partial charge in [-0.2, -0.15) is 0 Å². The van der Waals surface area contributed by atoms with Gasteiger partial charge >= 0.3 is 0 Å². The van der Waals surface area contributed by atoms with Crippen molar-refractivity contribution in [3.8, 4) is 0 Å². The Morgan fingerprint density at radius 1 is 1.14 bits per heavy atom. The zero-order valence-electron chi connectivity index (χ0n) is 11.0. The van der Waals surface area contributed by atoms with Gasteiger partial charge < -0.3 is 10.9 Å². The predicted octanol–water partition coefficient (Wildman–Crippen LogP) is 3.59. The van der Waals surface area contributed by atoms with Gasteiger partial charge in [0.05, 0.1) is 5.92 Å². The van der Waals surface area contributed by atoms with Crippen molar-refractivity contribution in [1.29, 1.82) is 0 Å². The second-order valence-electron chi connectivity index (χ2n) is 4.38. The fourth-order valence-electron chi connectivity index (χ4n) is 1.85. The van der Waals surface area contributed by atoms with Gasteiger partial charge in [-0.05, 0) is 23.8 Å². The van der Waals surface area contributed by atoms with E-state index in [4.69, 9.17) is 10.9 Å². The molecule has 2 rings (SSSR count). The van der Waals surface area contributed by atoms with Crippen molar-refractivity contribution < 1.29 is 14.0 Å². The van der Waals surface area contributed by atoms with Crippen LogP contribution >= 0.6 is 11.8 Å². The second-order valence-corrected chi connectivity index (χ2v) is 5.47. The van der Waals surface area contributed by atoms with Crippen LogP contribution in [-0.2, 0) is 0 Å². The number of hydrogen-bond donors (Lipinski definition) is 2. The summed E-state index contributed by atoms with van der Waals surface area (Å²) in [7, 11) is 0. The quantitative estimate of drug-likeness (QED) is 0.292. The molecule has 0 spiro atoms. The Hall–Kier alpha value is -2.08. The van der Waals surface area contributed by atoms with E-state index in [-0.39, 0.29) is 11.8 Å². The van der Waals surface area contributed by atoms with Crippen LogP contribution in [0.15, 0.2) is 58.6 Å². The van der Waals surface area contributed by atoms with Crippen LogP contribution < -0.4 is 5.73 Å². The minimum Gasteiger partial charge on any atom is -0.409 e. The van der Waals surface area contributed by atoms with E-state index in [0.717, 1.165) is 17.7 Å². The average Bonchev–Trinajstić information content (AvgIpc) is 2.51. The van der Waals surface area contributed by atoms with Gasteiger partial charge in [0, 0.05) is 10.6 Å². The summed E-state index contributed by atoms with van der Waals surface area (Å²) in [5, 5.41) is 11.9. The molecule has 0 bridgehead atoms. The average molecular weight is 308 g/mol. The highest BCUT2D eigenvalue weighted by atomic mass is 32.2. The summed E-state index contributed by atoms with van der Waals surface area (Å²) in [5.74, 6) is -1.55. The molecule has 6 heteroatoms. The summed E-state index contributed by atoms with van der Waals surface area (Å²) in [6, 6.07) is 13.0. The molecular weight excluding hydrogens is 294 g/mol. The third-order valence-corrected chi connectivity index (χ3v) is 4.07. The molecule has 0 aliphatic carbocycles. The maximum absolute atomic E-state index is 13.2. The molecule has 0 heterocycles. The monoisotopic (exact) mass is 308 g/mol. The van der Waals surface area contributed by atoms with Crippen molar-refractivity contribution in [1.82, 2.24) is 0 Å². The molecule has 2 aromatic rings. The number of halogens is 2. The van der Waals surface area contributed by atoms with E-state index in [1.165, 1.54) is 17.8 Å². The molecule has 0 saturated heterocycles. The summed E-state index contributed by atoms with van der Waals surface area (Å²) < 4.78 is 26.1. The summed E-state index contributed by atoms with van der Waals surface area (Å²) in [5.41, 5.74) is 6.61. The van der Waals surface area contributed by atoms with Crippen LogP contribution in [0, 0.1) is 11.6 Å². The van der Waals surface area contributed by atoms with E-state index >= 15 is 0 Å². The fourth-order valence-corrected chi connectivity index (χ4v) is 2.93. The zero-order valence-corrected chi connectivity index (χ0v) is 11.9. The number of nitrogens with two attached hydrogens (primary N) is 1. The number of oxime groups is 1. The molecule has 0 aromatic heterocycles. The van der Waals surface area contributed by atoms with Crippen molar-refractivity contribution >= 4 is 17.6 Å². The SMILES string of the molecule is NC(=NO)C(CSc1ccc(F)c(F)c1)c1ccccc1. The first kappa shape index (κ1) is 15.3. The van der Waals surface area contributed by atoms with Gasteiger partial charge in [0.15, 0.2) is 11.6 Å². The van der Waals surface area contributed by atoms with Crippen molar-refractivity contribution in [2.24, 2.45) is 10.9 Å². The summed E-state index contributed by atoms with van der Waals surface area (Å²) in [6.07, 6.45) is 0. The molecule has 1 unspecified atom stereocenters. The molecular formula is C15H14F2N2OS. The predicted molar refractivity (Wildman–Crippen MR) is 79.7 cm³/mol. The molecule has 110 valence electrons. The van der Waals surface area contributed by atoms with Gasteiger partial charge in [-0.1, -0.05) is 35.5 Å². The highest BCUT2D eigenvalue weighted by molar-refractivity contribution is 7.99. The minimum absolute atomic E-state index is 0.0799. The minimum atomic E-state index is -0.889. The number of thioether (sulfide) groups is 1. The highest BCUT2D eigenvalue weighted by Gasteiger charge is 2.17. The number of rotatable bonds is 5. The summed E-state index contributed by atoms with van der Waals surface area (Å²) >= 11 is 1.31. The highest BCUT2D eigenvalue weighted by Crippen LogP contribution is 2.27. The lowest BCUT2D eigenvalue weighted by Gasteiger charge is -2.15. The van der Waals surface area contributed by atoms with Gasteiger partial charge in [-0.3, -0.25) is 0 Å². The normalized spacial score (nSPS) is 13.1. The second kappa shape index (κ2) is 7.08. The Labute approximate surface area is 125 Å². The van der Waals surface area contributed by atoms with Crippen molar-refractivity contribution in [2.75, 3.05) is 5.75 Å². The molecule has 0 amide bonds. The van der Waals surface area contributed by atoms with Gasteiger partial charge in [-0.15, -0.1) is 11.8 Å².